The van der Waals surface area contributed by atoms with Gasteiger partial charge in [-0.2, -0.15) is 17.0 Å². The van der Waals surface area contributed by atoms with Gasteiger partial charge in [0, 0.05) is 18.1 Å². The highest BCUT2D eigenvalue weighted by atomic mass is 32.2. The minimum absolute atomic E-state index is 0.218. The van der Waals surface area contributed by atoms with Crippen LogP contribution in [0.3, 0.4) is 0 Å². The zero-order valence-electron chi connectivity index (χ0n) is 10.9. The van der Waals surface area contributed by atoms with Crippen molar-refractivity contribution >= 4 is 11.8 Å². The zero-order valence-corrected chi connectivity index (χ0v) is 11.8. The molecule has 0 aliphatic carbocycles. The van der Waals surface area contributed by atoms with E-state index in [1.54, 1.807) is 17.8 Å². The highest BCUT2D eigenvalue weighted by molar-refractivity contribution is 7.98. The summed E-state index contributed by atoms with van der Waals surface area (Å²) in [5, 5.41) is 8.78. The molecule has 0 aliphatic heterocycles. The van der Waals surface area contributed by atoms with Gasteiger partial charge in [0.05, 0.1) is 11.6 Å². The Kier molecular flexibility index (Phi) is 6.77. The Morgan fingerprint density at radius 2 is 2.06 bits per heavy atom. The Labute approximate surface area is 113 Å². The highest BCUT2D eigenvalue weighted by Gasteiger charge is 2.04. The van der Waals surface area contributed by atoms with Gasteiger partial charge in [-0.1, -0.05) is 13.8 Å². The van der Waals surface area contributed by atoms with E-state index in [4.69, 9.17) is 5.26 Å². The molecule has 18 heavy (non-hydrogen) atoms. The van der Waals surface area contributed by atoms with Crippen LogP contribution >= 0.6 is 11.8 Å². The molecule has 1 rings (SSSR count). The van der Waals surface area contributed by atoms with Crippen molar-refractivity contribution in [2.75, 3.05) is 25.4 Å². The molecule has 0 unspecified atom stereocenters. The van der Waals surface area contributed by atoms with Crippen LogP contribution in [-0.4, -0.2) is 30.3 Å². The molecule has 0 saturated carbocycles. The van der Waals surface area contributed by atoms with E-state index >= 15 is 0 Å². The summed E-state index contributed by atoms with van der Waals surface area (Å²) in [6.07, 6.45) is 0. The number of nitriles is 1. The van der Waals surface area contributed by atoms with E-state index < -0.39 is 0 Å². The molecule has 0 N–H and O–H groups in total. The van der Waals surface area contributed by atoms with Crippen LogP contribution in [0.4, 0.5) is 4.39 Å². The van der Waals surface area contributed by atoms with Gasteiger partial charge >= 0.3 is 0 Å². The van der Waals surface area contributed by atoms with Gasteiger partial charge in [0.2, 0.25) is 0 Å². The van der Waals surface area contributed by atoms with Crippen molar-refractivity contribution in [2.24, 2.45) is 0 Å². The Hall–Kier alpha value is -1.05. The van der Waals surface area contributed by atoms with E-state index in [0.29, 0.717) is 16.9 Å². The maximum atomic E-state index is 13.5. The molecule has 0 fully saturated rings. The fourth-order valence-corrected chi connectivity index (χ4v) is 2.64. The second-order valence-electron chi connectivity index (χ2n) is 4.00. The minimum Gasteiger partial charge on any atom is -0.303 e. The first kappa shape index (κ1) is 15.0. The minimum atomic E-state index is -0.218. The second kappa shape index (κ2) is 8.12. The number of thioether (sulfide) groups is 1. The molecule has 0 aromatic heterocycles. The summed E-state index contributed by atoms with van der Waals surface area (Å²) in [7, 11) is 0. The van der Waals surface area contributed by atoms with Crippen LogP contribution in [0.5, 0.6) is 0 Å². The number of benzene rings is 1. The normalized spacial score (nSPS) is 10.6. The molecule has 1 aromatic carbocycles. The molecule has 0 heterocycles. The molecule has 98 valence electrons. The van der Waals surface area contributed by atoms with Crippen molar-refractivity contribution in [2.45, 2.75) is 19.6 Å². The molecule has 2 nitrogen and oxygen atoms in total. The smallest absolute Gasteiger partial charge is 0.127 e. The average molecular weight is 266 g/mol. The quantitative estimate of drug-likeness (QED) is 0.709. The summed E-state index contributed by atoms with van der Waals surface area (Å²) >= 11 is 1.71. The Morgan fingerprint density at radius 1 is 1.33 bits per heavy atom. The first-order valence-electron chi connectivity index (χ1n) is 6.19. The number of halogens is 1. The average Bonchev–Trinajstić information content (AvgIpc) is 2.41. The van der Waals surface area contributed by atoms with E-state index in [9.17, 15) is 4.39 Å². The highest BCUT2D eigenvalue weighted by Crippen LogP contribution is 2.17. The van der Waals surface area contributed by atoms with Crippen molar-refractivity contribution in [3.8, 4) is 6.07 Å². The topological polar surface area (TPSA) is 27.0 Å². The van der Waals surface area contributed by atoms with E-state index in [2.05, 4.69) is 18.7 Å². The zero-order chi connectivity index (χ0) is 13.4. The fraction of sp³-hybridized carbons (Fsp3) is 0.500. The van der Waals surface area contributed by atoms with Crippen LogP contribution in [0.15, 0.2) is 18.2 Å². The predicted octanol–water partition coefficient (Wildman–Crippen LogP) is 3.27. The van der Waals surface area contributed by atoms with Crippen LogP contribution in [-0.2, 0) is 5.75 Å². The lowest BCUT2D eigenvalue weighted by atomic mass is 10.1. The molecule has 0 saturated heterocycles. The molecule has 4 heteroatoms. The van der Waals surface area contributed by atoms with Gasteiger partial charge in [0.15, 0.2) is 0 Å². The first-order valence-corrected chi connectivity index (χ1v) is 7.35. The van der Waals surface area contributed by atoms with Gasteiger partial charge in [0.1, 0.15) is 5.82 Å². The third-order valence-corrected chi connectivity index (χ3v) is 3.87. The summed E-state index contributed by atoms with van der Waals surface area (Å²) in [6.45, 7) is 7.41. The second-order valence-corrected chi connectivity index (χ2v) is 5.10. The van der Waals surface area contributed by atoms with Gasteiger partial charge in [-0.15, -0.1) is 0 Å². The van der Waals surface area contributed by atoms with Crippen molar-refractivity contribution in [3.63, 3.8) is 0 Å². The summed E-state index contributed by atoms with van der Waals surface area (Å²) in [5.74, 6) is 1.39. The molecular formula is C14H19FN2S. The van der Waals surface area contributed by atoms with Crippen molar-refractivity contribution in [1.29, 1.82) is 5.26 Å². The van der Waals surface area contributed by atoms with E-state index in [0.717, 1.165) is 25.4 Å². The number of hydrogen-bond donors (Lipinski definition) is 0. The Bertz CT molecular complexity index is 411. The summed E-state index contributed by atoms with van der Waals surface area (Å²) < 4.78 is 13.5. The molecule has 0 amide bonds. The fourth-order valence-electron chi connectivity index (χ4n) is 1.67. The SMILES string of the molecule is CCN(CC)CCSCc1cc(C#N)ccc1F. The monoisotopic (exact) mass is 266 g/mol. The molecule has 0 aliphatic rings. The van der Waals surface area contributed by atoms with Crippen LogP contribution < -0.4 is 0 Å². The van der Waals surface area contributed by atoms with E-state index in [1.807, 2.05) is 6.07 Å². The number of nitrogens with zero attached hydrogens (tertiary/aromatic N) is 2. The van der Waals surface area contributed by atoms with Crippen molar-refractivity contribution in [1.82, 2.24) is 4.90 Å². The van der Waals surface area contributed by atoms with Gasteiger partial charge in [0.25, 0.3) is 0 Å². The van der Waals surface area contributed by atoms with Gasteiger partial charge in [-0.3, -0.25) is 0 Å². The van der Waals surface area contributed by atoms with E-state index in [1.165, 1.54) is 12.1 Å². The van der Waals surface area contributed by atoms with Crippen molar-refractivity contribution < 1.29 is 4.39 Å². The Balaban J connectivity index is 2.42. The molecule has 0 atom stereocenters. The first-order chi connectivity index (χ1) is 8.71. The predicted molar refractivity (Wildman–Crippen MR) is 75.1 cm³/mol. The summed E-state index contributed by atoms with van der Waals surface area (Å²) in [6, 6.07) is 6.56. The third-order valence-electron chi connectivity index (χ3n) is 2.88. The molecule has 0 bridgehead atoms. The summed E-state index contributed by atoms with van der Waals surface area (Å²) in [4.78, 5) is 2.34. The molecule has 0 spiro atoms. The molecule has 0 radical (unpaired) electrons. The lowest BCUT2D eigenvalue weighted by molar-refractivity contribution is 0.324. The Morgan fingerprint density at radius 3 is 2.67 bits per heavy atom. The number of rotatable bonds is 7. The summed E-state index contributed by atoms with van der Waals surface area (Å²) in [5.41, 5.74) is 1.15. The van der Waals surface area contributed by atoms with Gasteiger partial charge < -0.3 is 4.90 Å². The van der Waals surface area contributed by atoms with Crippen LogP contribution in [0.1, 0.15) is 25.0 Å². The van der Waals surface area contributed by atoms with E-state index in [-0.39, 0.29) is 5.82 Å². The molecule has 1 aromatic rings. The molecular weight excluding hydrogens is 247 g/mol. The largest absolute Gasteiger partial charge is 0.303 e. The van der Waals surface area contributed by atoms with Crippen LogP contribution in [0, 0.1) is 17.1 Å². The lowest BCUT2D eigenvalue weighted by Gasteiger charge is -2.17. The van der Waals surface area contributed by atoms with Gasteiger partial charge in [-0.25, -0.2) is 4.39 Å². The lowest BCUT2D eigenvalue weighted by Crippen LogP contribution is -2.25. The maximum Gasteiger partial charge on any atom is 0.127 e. The standard InChI is InChI=1S/C14H19FN2S/c1-3-17(4-2)7-8-18-11-13-9-12(10-16)5-6-14(13)15/h5-6,9H,3-4,7-8,11H2,1-2H3. The van der Waals surface area contributed by atoms with Gasteiger partial charge in [-0.05, 0) is 36.9 Å². The van der Waals surface area contributed by atoms with Crippen LogP contribution in [0.2, 0.25) is 0 Å². The van der Waals surface area contributed by atoms with Crippen molar-refractivity contribution in [3.05, 3.63) is 35.1 Å². The third kappa shape index (κ3) is 4.67. The maximum absolute atomic E-state index is 13.5. The van der Waals surface area contributed by atoms with Crippen LogP contribution in [0.25, 0.3) is 0 Å². The number of hydrogen-bond acceptors (Lipinski definition) is 3.